The van der Waals surface area contributed by atoms with Crippen LogP contribution in [0.4, 0.5) is 0 Å². The van der Waals surface area contributed by atoms with Gasteiger partial charge in [0.05, 0.1) is 21.4 Å². The fourth-order valence-corrected chi connectivity index (χ4v) is 6.88. The summed E-state index contributed by atoms with van der Waals surface area (Å²) in [5.74, 6) is -0.179. The van der Waals surface area contributed by atoms with E-state index >= 15 is 0 Å². The molecule has 1 aliphatic heterocycles. The number of nitrogens with two attached hydrogens (primary N) is 1. The Morgan fingerprint density at radius 3 is 2.52 bits per heavy atom. The molecule has 7 nitrogen and oxygen atoms in total. The van der Waals surface area contributed by atoms with Crippen LogP contribution in [0.5, 0.6) is 0 Å². The van der Waals surface area contributed by atoms with Gasteiger partial charge in [-0.05, 0) is 61.8 Å². The van der Waals surface area contributed by atoms with Gasteiger partial charge in [-0.25, -0.2) is 13.4 Å². The van der Waals surface area contributed by atoms with Crippen LogP contribution in [0.3, 0.4) is 0 Å². The van der Waals surface area contributed by atoms with Crippen LogP contribution in [0.15, 0.2) is 46.8 Å². The molecule has 174 valence electrons. The molecule has 0 radical (unpaired) electrons. The highest BCUT2D eigenvalue weighted by Gasteiger charge is 2.37. The first-order valence-electron chi connectivity index (χ1n) is 11.3. The summed E-state index contributed by atoms with van der Waals surface area (Å²) in [5, 5.41) is 2.43. The predicted octanol–water partition coefficient (Wildman–Crippen LogP) is 4.12. The summed E-state index contributed by atoms with van der Waals surface area (Å²) in [6.07, 6.45) is 5.92. The zero-order valence-electron chi connectivity index (χ0n) is 18.2. The van der Waals surface area contributed by atoms with Crippen molar-refractivity contribution in [2.24, 2.45) is 11.7 Å². The van der Waals surface area contributed by atoms with E-state index in [0.717, 1.165) is 67.3 Å². The minimum absolute atomic E-state index is 0.123. The number of rotatable bonds is 8. The summed E-state index contributed by atoms with van der Waals surface area (Å²) in [4.78, 5) is 20.5. The summed E-state index contributed by atoms with van der Waals surface area (Å²) < 4.78 is 30.8. The molecule has 1 amide bonds. The molecule has 1 unspecified atom stereocenters. The lowest BCUT2D eigenvalue weighted by atomic mass is 9.82. The van der Waals surface area contributed by atoms with Gasteiger partial charge in [0.2, 0.25) is 0 Å². The highest BCUT2D eigenvalue weighted by atomic mass is 32.2. The first kappa shape index (κ1) is 22.3. The molecular formula is C24H27N3O4S2. The van der Waals surface area contributed by atoms with Gasteiger partial charge in [0.1, 0.15) is 5.01 Å². The minimum Gasteiger partial charge on any atom is -0.381 e. The van der Waals surface area contributed by atoms with E-state index in [2.05, 4.69) is 9.97 Å². The number of thiazole rings is 1. The summed E-state index contributed by atoms with van der Waals surface area (Å²) in [7, 11) is -3.25. The molecule has 2 aromatic heterocycles. The van der Waals surface area contributed by atoms with Gasteiger partial charge >= 0.3 is 0 Å². The molecule has 3 aromatic rings. The normalized spacial score (nSPS) is 18.3. The Morgan fingerprint density at radius 2 is 1.91 bits per heavy atom. The fourth-order valence-electron chi connectivity index (χ4n) is 4.62. The molecule has 2 fully saturated rings. The molecule has 3 N–H and O–H groups in total. The van der Waals surface area contributed by atoms with E-state index in [1.165, 1.54) is 11.3 Å². The number of nitrogens with zero attached hydrogens (tertiary/aromatic N) is 1. The van der Waals surface area contributed by atoms with E-state index < -0.39 is 15.7 Å². The van der Waals surface area contributed by atoms with Gasteiger partial charge in [0.25, 0.3) is 5.91 Å². The number of H-pyrrole nitrogens is 1. The Morgan fingerprint density at radius 1 is 1.18 bits per heavy atom. The van der Waals surface area contributed by atoms with Gasteiger partial charge in [-0.3, -0.25) is 4.79 Å². The molecule has 1 aliphatic carbocycles. The number of aromatic amines is 1. The number of hydrogen-bond acceptors (Lipinski definition) is 6. The molecule has 9 heteroatoms. The van der Waals surface area contributed by atoms with E-state index in [4.69, 9.17) is 10.5 Å². The van der Waals surface area contributed by atoms with Crippen LogP contribution < -0.4 is 5.73 Å². The second-order valence-electron chi connectivity index (χ2n) is 8.87. The summed E-state index contributed by atoms with van der Waals surface area (Å²) in [6.45, 7) is 1.46. The zero-order valence-corrected chi connectivity index (χ0v) is 19.8. The van der Waals surface area contributed by atoms with E-state index in [9.17, 15) is 13.2 Å². The topological polar surface area (TPSA) is 115 Å². The Hall–Kier alpha value is -2.49. The van der Waals surface area contributed by atoms with Crippen LogP contribution in [-0.4, -0.2) is 42.8 Å². The number of sulfone groups is 1. The number of nitrogens with one attached hydrogen (secondary N) is 1. The Bertz CT molecular complexity index is 1220. The van der Waals surface area contributed by atoms with Gasteiger partial charge < -0.3 is 15.5 Å². The maximum absolute atomic E-state index is 12.7. The molecule has 5 rings (SSSR count). The molecule has 0 bridgehead atoms. The molecular weight excluding hydrogens is 458 g/mol. The first-order chi connectivity index (χ1) is 15.9. The van der Waals surface area contributed by atoms with Crippen molar-refractivity contribution in [3.63, 3.8) is 0 Å². The number of benzene rings is 1. The van der Waals surface area contributed by atoms with Crippen LogP contribution >= 0.6 is 11.3 Å². The largest absolute Gasteiger partial charge is 0.381 e. The minimum atomic E-state index is -3.25. The second kappa shape index (κ2) is 9.04. The number of carbonyl (C=O) groups is 1. The van der Waals surface area contributed by atoms with Crippen molar-refractivity contribution in [3.05, 3.63) is 58.7 Å². The van der Waals surface area contributed by atoms with Crippen LogP contribution in [0.25, 0.3) is 10.7 Å². The lowest BCUT2D eigenvalue weighted by molar-refractivity contribution is 0.0625. The molecule has 2 aliphatic rings. The average molecular weight is 486 g/mol. The van der Waals surface area contributed by atoms with Crippen LogP contribution in [-0.2, 0) is 14.6 Å². The van der Waals surface area contributed by atoms with Crippen molar-refractivity contribution in [1.29, 1.82) is 0 Å². The van der Waals surface area contributed by atoms with Gasteiger partial charge in [0.15, 0.2) is 9.84 Å². The molecule has 1 saturated carbocycles. The summed E-state index contributed by atoms with van der Waals surface area (Å²) >= 11 is 1.49. The fraction of sp³-hybridized carbons (Fsp3) is 0.417. The Balaban J connectivity index is 1.54. The van der Waals surface area contributed by atoms with E-state index in [0.29, 0.717) is 16.4 Å². The number of hydrogen-bond donors (Lipinski definition) is 2. The summed E-state index contributed by atoms with van der Waals surface area (Å²) in [6, 6.07) is 8.95. The maximum Gasteiger partial charge on any atom is 0.250 e. The number of aromatic nitrogens is 2. The predicted molar refractivity (Wildman–Crippen MR) is 127 cm³/mol. The zero-order chi connectivity index (χ0) is 23.0. The third kappa shape index (κ3) is 4.62. The van der Waals surface area contributed by atoms with Crippen molar-refractivity contribution in [2.45, 2.75) is 48.2 Å². The van der Waals surface area contributed by atoms with Crippen molar-refractivity contribution < 1.29 is 17.9 Å². The maximum atomic E-state index is 12.7. The number of carbonyl (C=O) groups excluding carboxylic acids is 1. The highest BCUT2D eigenvalue weighted by Crippen LogP contribution is 2.39. The monoisotopic (exact) mass is 485 g/mol. The van der Waals surface area contributed by atoms with Crippen LogP contribution in [0.2, 0.25) is 0 Å². The standard InChI is InChI=1S/C24H27N3O4S2/c25-23(28)20-14-21(24-26-9-12-32-24)27-22(20)19(13-15-7-10-31-11-8-15)16-1-3-17(4-2-16)33(29,30)18-5-6-18/h1-4,9,12,14-15,18-19,27H,5-8,10-11,13H2,(H2,25,28). The smallest absolute Gasteiger partial charge is 0.250 e. The van der Waals surface area contributed by atoms with Crippen LogP contribution in [0.1, 0.15) is 59.6 Å². The number of amides is 1. The Labute approximate surface area is 197 Å². The van der Waals surface area contributed by atoms with Gasteiger partial charge in [-0.2, -0.15) is 0 Å². The highest BCUT2D eigenvalue weighted by molar-refractivity contribution is 7.92. The van der Waals surface area contributed by atoms with Crippen molar-refractivity contribution in [2.75, 3.05) is 13.2 Å². The lowest BCUT2D eigenvalue weighted by Crippen LogP contribution is -2.21. The number of primary amides is 1. The van der Waals surface area contributed by atoms with Crippen molar-refractivity contribution >= 4 is 27.1 Å². The molecule has 33 heavy (non-hydrogen) atoms. The van der Waals surface area contributed by atoms with Crippen molar-refractivity contribution in [1.82, 2.24) is 9.97 Å². The molecule has 1 saturated heterocycles. The van der Waals surface area contributed by atoms with Crippen molar-refractivity contribution in [3.8, 4) is 10.7 Å². The van der Waals surface area contributed by atoms with E-state index in [1.807, 2.05) is 17.5 Å². The average Bonchev–Trinajstić information content (AvgIpc) is 3.37. The first-order valence-corrected chi connectivity index (χ1v) is 13.7. The lowest BCUT2D eigenvalue weighted by Gasteiger charge is -2.27. The Kier molecular flexibility index (Phi) is 6.11. The third-order valence-corrected chi connectivity index (χ3v) is 9.69. The van der Waals surface area contributed by atoms with Gasteiger partial charge in [0, 0.05) is 36.4 Å². The number of ether oxygens (including phenoxy) is 1. The second-order valence-corrected chi connectivity index (χ2v) is 12.0. The summed E-state index contributed by atoms with van der Waals surface area (Å²) in [5.41, 5.74) is 8.72. The van der Waals surface area contributed by atoms with E-state index in [-0.39, 0.29) is 11.2 Å². The van der Waals surface area contributed by atoms with Gasteiger partial charge in [-0.15, -0.1) is 11.3 Å². The van der Waals surface area contributed by atoms with Crippen LogP contribution in [0, 0.1) is 5.92 Å². The molecule has 1 atom stereocenters. The van der Waals surface area contributed by atoms with Gasteiger partial charge in [-0.1, -0.05) is 12.1 Å². The third-order valence-electron chi connectivity index (χ3n) is 6.61. The van der Waals surface area contributed by atoms with E-state index in [1.54, 1.807) is 24.4 Å². The molecule has 0 spiro atoms. The quantitative estimate of drug-likeness (QED) is 0.498. The SMILES string of the molecule is NC(=O)c1cc(-c2nccs2)[nH]c1C(CC1CCOCC1)c1ccc(S(=O)(=O)C2CC2)cc1. The molecule has 1 aromatic carbocycles. The molecule has 3 heterocycles.